The summed E-state index contributed by atoms with van der Waals surface area (Å²) >= 11 is 12.2. The Labute approximate surface area is 241 Å². The van der Waals surface area contributed by atoms with Crippen molar-refractivity contribution in [2.75, 3.05) is 0 Å². The van der Waals surface area contributed by atoms with Crippen LogP contribution in [0.3, 0.4) is 0 Å². The lowest BCUT2D eigenvalue weighted by Crippen LogP contribution is -1.99. The van der Waals surface area contributed by atoms with Crippen molar-refractivity contribution in [3.63, 3.8) is 0 Å². The fourth-order valence-corrected chi connectivity index (χ4v) is 5.32. The summed E-state index contributed by atoms with van der Waals surface area (Å²) in [6.45, 7) is 0. The number of nitrogens with zero attached hydrogens (tertiary/aromatic N) is 4. The summed E-state index contributed by atoms with van der Waals surface area (Å²) in [5.41, 5.74) is 4.37. The van der Waals surface area contributed by atoms with E-state index in [4.69, 9.17) is 32.6 Å². The van der Waals surface area contributed by atoms with Gasteiger partial charge in [-0.3, -0.25) is 4.21 Å². The van der Waals surface area contributed by atoms with Gasteiger partial charge in [0.25, 0.3) is 0 Å². The van der Waals surface area contributed by atoms with E-state index in [1.807, 2.05) is 36.4 Å². The van der Waals surface area contributed by atoms with Gasteiger partial charge in [-0.25, -0.2) is 14.1 Å². The zero-order valence-corrected chi connectivity index (χ0v) is 23.0. The number of oxazole rings is 1. The van der Waals surface area contributed by atoms with E-state index < -0.39 is 10.8 Å². The van der Waals surface area contributed by atoms with Crippen molar-refractivity contribution in [3.05, 3.63) is 125 Å². The molecule has 198 valence electrons. The van der Waals surface area contributed by atoms with Gasteiger partial charge in [-0.1, -0.05) is 40.5 Å². The Balaban J connectivity index is 1.23. The molecule has 10 heteroatoms. The molecule has 6 nitrogen and oxygen atoms in total. The first-order valence-corrected chi connectivity index (χ1v) is 14.2. The Morgan fingerprint density at radius 2 is 1.38 bits per heavy atom. The number of halogens is 3. The van der Waals surface area contributed by atoms with Crippen LogP contribution in [0.1, 0.15) is 5.89 Å². The maximum atomic E-state index is 13.3. The summed E-state index contributed by atoms with van der Waals surface area (Å²) in [5.74, 6) is 0.680. The molecule has 0 radical (unpaired) electrons. The fraction of sp³-hybridized carbons (Fsp3) is 0.0333. The zero-order chi connectivity index (χ0) is 27.6. The molecule has 0 N–H and O–H groups in total. The third kappa shape index (κ3) is 5.60. The molecule has 4 aromatic carbocycles. The normalized spacial score (nSPS) is 12.0. The standard InChI is InChI=1S/C30H19Cl2FN4O2S/c31-22-7-1-20(2-8-22)29-30(21-3-9-23(32)10-4-21)39-28(34-29)18-40(38)26-15-13-25(14-16-26)37-17-27(35-36-37)19-5-11-24(33)12-6-19/h1-17H,18H2. The molecule has 2 aromatic heterocycles. The molecule has 0 aliphatic rings. The van der Waals surface area contributed by atoms with Crippen LogP contribution in [0.2, 0.25) is 10.0 Å². The van der Waals surface area contributed by atoms with E-state index in [1.54, 1.807) is 59.4 Å². The molecule has 0 spiro atoms. The summed E-state index contributed by atoms with van der Waals surface area (Å²) < 4.78 is 34.2. The van der Waals surface area contributed by atoms with Crippen molar-refractivity contribution in [1.82, 2.24) is 20.0 Å². The van der Waals surface area contributed by atoms with Crippen molar-refractivity contribution in [2.24, 2.45) is 0 Å². The Hall–Kier alpha value is -4.11. The predicted molar refractivity (Wildman–Crippen MR) is 154 cm³/mol. The summed E-state index contributed by atoms with van der Waals surface area (Å²) in [7, 11) is -1.42. The highest BCUT2D eigenvalue weighted by atomic mass is 35.5. The first-order valence-electron chi connectivity index (χ1n) is 12.1. The molecule has 6 aromatic rings. The average Bonchev–Trinajstić information content (AvgIpc) is 3.63. The van der Waals surface area contributed by atoms with E-state index in [-0.39, 0.29) is 11.6 Å². The van der Waals surface area contributed by atoms with Gasteiger partial charge in [-0.05, 0) is 84.9 Å². The SMILES string of the molecule is O=S(Cc1nc(-c2ccc(Cl)cc2)c(-c2ccc(Cl)cc2)o1)c1ccc(-n2cc(-c3ccc(F)cc3)nn2)cc1. The van der Waals surface area contributed by atoms with Crippen molar-refractivity contribution >= 4 is 34.0 Å². The van der Waals surface area contributed by atoms with Gasteiger partial charge < -0.3 is 4.42 Å². The van der Waals surface area contributed by atoms with Gasteiger partial charge in [-0.2, -0.15) is 0 Å². The number of hydrogen-bond acceptors (Lipinski definition) is 5. The van der Waals surface area contributed by atoms with E-state index in [9.17, 15) is 8.60 Å². The molecular weight excluding hydrogens is 570 g/mol. The van der Waals surface area contributed by atoms with Crippen molar-refractivity contribution < 1.29 is 13.0 Å². The number of hydrogen-bond donors (Lipinski definition) is 0. The van der Waals surface area contributed by atoms with Crippen LogP contribution in [0.5, 0.6) is 0 Å². The topological polar surface area (TPSA) is 73.8 Å². The molecule has 0 fully saturated rings. The third-order valence-electron chi connectivity index (χ3n) is 6.15. The maximum absolute atomic E-state index is 13.3. The van der Waals surface area contributed by atoms with Gasteiger partial charge in [-0.15, -0.1) is 5.10 Å². The number of benzene rings is 4. The van der Waals surface area contributed by atoms with Crippen LogP contribution in [-0.2, 0) is 16.6 Å². The highest BCUT2D eigenvalue weighted by Crippen LogP contribution is 2.34. The van der Waals surface area contributed by atoms with Crippen LogP contribution in [0.15, 0.2) is 113 Å². The second-order valence-corrected chi connectivity index (χ2v) is 11.2. The van der Waals surface area contributed by atoms with Gasteiger partial charge in [0.1, 0.15) is 23.0 Å². The molecule has 0 amide bonds. The molecule has 40 heavy (non-hydrogen) atoms. The van der Waals surface area contributed by atoms with Crippen molar-refractivity contribution in [3.8, 4) is 39.5 Å². The molecule has 6 rings (SSSR count). The van der Waals surface area contributed by atoms with Crippen LogP contribution in [0, 0.1) is 5.82 Å². The van der Waals surface area contributed by atoms with Crippen molar-refractivity contribution in [2.45, 2.75) is 10.6 Å². The lowest BCUT2D eigenvalue weighted by molar-refractivity contribution is 0.527. The molecule has 0 aliphatic carbocycles. The Morgan fingerprint density at radius 1 is 0.775 bits per heavy atom. The molecular formula is C30H19Cl2FN4O2S. The van der Waals surface area contributed by atoms with Gasteiger partial charge >= 0.3 is 0 Å². The second kappa shape index (κ2) is 11.2. The minimum Gasteiger partial charge on any atom is -0.439 e. The minimum atomic E-state index is -1.42. The average molecular weight is 589 g/mol. The Bertz CT molecular complexity index is 1740. The third-order valence-corrected chi connectivity index (χ3v) is 7.96. The minimum absolute atomic E-state index is 0.0889. The van der Waals surface area contributed by atoms with Crippen LogP contribution >= 0.6 is 23.2 Å². The predicted octanol–water partition coefficient (Wildman–Crippen LogP) is 8.01. The van der Waals surface area contributed by atoms with Gasteiger partial charge in [0, 0.05) is 31.6 Å². The van der Waals surface area contributed by atoms with E-state index in [0.717, 1.165) is 22.4 Å². The van der Waals surface area contributed by atoms with Crippen LogP contribution in [0.25, 0.3) is 39.5 Å². The zero-order valence-electron chi connectivity index (χ0n) is 20.7. The molecule has 0 aliphatic heterocycles. The van der Waals surface area contributed by atoms with E-state index in [0.29, 0.717) is 38.0 Å². The lowest BCUT2D eigenvalue weighted by atomic mass is 10.1. The molecule has 0 saturated carbocycles. The molecule has 0 bridgehead atoms. The lowest BCUT2D eigenvalue weighted by Gasteiger charge is -2.03. The summed E-state index contributed by atoms with van der Waals surface area (Å²) in [4.78, 5) is 5.31. The Kier molecular flexibility index (Phi) is 7.30. The highest BCUT2D eigenvalue weighted by Gasteiger charge is 2.19. The summed E-state index contributed by atoms with van der Waals surface area (Å²) in [5, 5.41) is 9.56. The molecule has 1 unspecified atom stereocenters. The Morgan fingerprint density at radius 3 is 2.02 bits per heavy atom. The van der Waals surface area contributed by atoms with E-state index in [1.165, 1.54) is 12.1 Å². The monoisotopic (exact) mass is 588 g/mol. The van der Waals surface area contributed by atoms with E-state index >= 15 is 0 Å². The number of rotatable bonds is 7. The van der Waals surface area contributed by atoms with Crippen molar-refractivity contribution in [1.29, 1.82) is 0 Å². The molecule has 0 saturated heterocycles. The van der Waals surface area contributed by atoms with Gasteiger partial charge in [0.05, 0.1) is 22.7 Å². The second-order valence-electron chi connectivity index (χ2n) is 8.84. The first-order chi connectivity index (χ1) is 19.4. The summed E-state index contributed by atoms with van der Waals surface area (Å²) in [6.07, 6.45) is 1.75. The fourth-order valence-electron chi connectivity index (χ4n) is 4.12. The van der Waals surface area contributed by atoms with Gasteiger partial charge in [0.2, 0.25) is 5.89 Å². The maximum Gasteiger partial charge on any atom is 0.208 e. The van der Waals surface area contributed by atoms with Crippen LogP contribution in [0.4, 0.5) is 4.39 Å². The molecule has 2 heterocycles. The number of aromatic nitrogens is 4. The van der Waals surface area contributed by atoms with Crippen LogP contribution < -0.4 is 0 Å². The first kappa shape index (κ1) is 26.1. The smallest absolute Gasteiger partial charge is 0.208 e. The van der Waals surface area contributed by atoms with Crippen LogP contribution in [-0.4, -0.2) is 24.2 Å². The molecule has 1 atom stereocenters. The summed E-state index contributed by atoms with van der Waals surface area (Å²) in [6, 6.07) is 27.8. The van der Waals surface area contributed by atoms with E-state index in [2.05, 4.69) is 10.3 Å². The highest BCUT2D eigenvalue weighted by molar-refractivity contribution is 7.84. The van der Waals surface area contributed by atoms with Gasteiger partial charge in [0.15, 0.2) is 5.76 Å². The quantitative estimate of drug-likeness (QED) is 0.189. The largest absolute Gasteiger partial charge is 0.439 e.